The Labute approximate surface area is 188 Å². The van der Waals surface area contributed by atoms with Crippen LogP contribution in [0.1, 0.15) is 16.2 Å². The summed E-state index contributed by atoms with van der Waals surface area (Å²) in [7, 11) is 5.04. The number of hydrogen-bond acceptors (Lipinski definition) is 6. The van der Waals surface area contributed by atoms with Crippen molar-refractivity contribution in [1.82, 2.24) is 19.9 Å². The van der Waals surface area contributed by atoms with Gasteiger partial charge >= 0.3 is 0 Å². The number of aryl methyl sites for hydroxylation is 1. The minimum Gasteiger partial charge on any atom is -0.493 e. The van der Waals surface area contributed by atoms with E-state index in [0.29, 0.717) is 51.8 Å². The normalized spacial score (nSPS) is 11.1. The lowest BCUT2D eigenvalue weighted by Crippen LogP contribution is -2.25. The van der Waals surface area contributed by atoms with Crippen molar-refractivity contribution in [2.45, 2.75) is 5.75 Å². The summed E-state index contributed by atoms with van der Waals surface area (Å²) in [6, 6.07) is 11.0. The van der Waals surface area contributed by atoms with Crippen LogP contribution >= 0.6 is 11.8 Å². The third-order valence-electron chi connectivity index (χ3n) is 5.18. The van der Waals surface area contributed by atoms with Crippen molar-refractivity contribution in [3.63, 3.8) is 0 Å². The zero-order chi connectivity index (χ0) is 22.7. The molecule has 32 heavy (non-hydrogen) atoms. The molecule has 2 aromatic carbocycles. The van der Waals surface area contributed by atoms with Gasteiger partial charge in [0.15, 0.2) is 11.5 Å². The molecule has 0 aliphatic carbocycles. The fourth-order valence-electron chi connectivity index (χ4n) is 3.51. The highest BCUT2D eigenvalue weighted by atomic mass is 32.2. The highest BCUT2D eigenvalue weighted by Crippen LogP contribution is 2.30. The number of benzene rings is 2. The van der Waals surface area contributed by atoms with Gasteiger partial charge < -0.3 is 24.3 Å². The third kappa shape index (κ3) is 4.43. The summed E-state index contributed by atoms with van der Waals surface area (Å²) in [6.07, 6.45) is 1.97. The second-order valence-corrected chi connectivity index (χ2v) is 8.35. The Morgan fingerprint density at radius 3 is 2.72 bits per heavy atom. The van der Waals surface area contributed by atoms with Crippen LogP contribution in [0.3, 0.4) is 0 Å². The lowest BCUT2D eigenvalue weighted by Gasteiger charge is -2.09. The minimum absolute atomic E-state index is 0.102. The second-order valence-electron chi connectivity index (χ2n) is 7.25. The molecule has 2 N–H and O–H groups in total. The molecule has 0 bridgehead atoms. The molecular weight excluding hydrogens is 428 g/mol. The molecule has 0 aliphatic heterocycles. The molecule has 2 heterocycles. The average molecular weight is 453 g/mol. The number of H-pyrrole nitrogens is 1. The molecule has 0 atom stereocenters. The maximum absolute atomic E-state index is 12.4. The molecular formula is C23H24N4O4S. The molecule has 1 amide bonds. The lowest BCUT2D eigenvalue weighted by molar-refractivity contribution is 0.0956. The van der Waals surface area contributed by atoms with Crippen LogP contribution in [0, 0.1) is 0 Å². The van der Waals surface area contributed by atoms with Crippen LogP contribution in [-0.2, 0) is 12.8 Å². The molecule has 0 saturated carbocycles. The zero-order valence-electron chi connectivity index (χ0n) is 18.1. The number of methoxy groups -OCH3 is 2. The number of nitrogens with zero attached hydrogens (tertiary/aromatic N) is 2. The number of ether oxygens (including phenoxy) is 2. The van der Waals surface area contributed by atoms with E-state index in [9.17, 15) is 9.59 Å². The first kappa shape index (κ1) is 21.8. The first-order valence-electron chi connectivity index (χ1n) is 10.1. The number of carbonyl (C=O) groups is 1. The van der Waals surface area contributed by atoms with E-state index in [2.05, 4.69) is 15.3 Å². The molecule has 0 fully saturated rings. The maximum Gasteiger partial charge on any atom is 0.258 e. The SMILES string of the molecule is COc1cc2nc(CSCCNC(=O)c3ccc4c(ccn4C)c3)[nH]c(=O)c2cc1OC. The van der Waals surface area contributed by atoms with E-state index in [1.54, 1.807) is 31.0 Å². The van der Waals surface area contributed by atoms with E-state index >= 15 is 0 Å². The van der Waals surface area contributed by atoms with Crippen LogP contribution in [0.4, 0.5) is 0 Å². The molecule has 4 aromatic rings. The van der Waals surface area contributed by atoms with Crippen LogP contribution in [-0.4, -0.2) is 47.0 Å². The van der Waals surface area contributed by atoms with Crippen molar-refractivity contribution in [3.8, 4) is 11.5 Å². The van der Waals surface area contributed by atoms with Crippen LogP contribution in [0.2, 0.25) is 0 Å². The molecule has 8 nitrogen and oxygen atoms in total. The van der Waals surface area contributed by atoms with Crippen LogP contribution in [0.25, 0.3) is 21.8 Å². The Hall–Kier alpha value is -3.46. The largest absolute Gasteiger partial charge is 0.493 e. The van der Waals surface area contributed by atoms with E-state index in [-0.39, 0.29) is 11.5 Å². The van der Waals surface area contributed by atoms with Crippen LogP contribution < -0.4 is 20.3 Å². The number of rotatable bonds is 8. The fourth-order valence-corrected chi connectivity index (χ4v) is 4.23. The van der Waals surface area contributed by atoms with Gasteiger partial charge in [0.25, 0.3) is 11.5 Å². The highest BCUT2D eigenvalue weighted by molar-refractivity contribution is 7.98. The van der Waals surface area contributed by atoms with Crippen molar-refractivity contribution in [1.29, 1.82) is 0 Å². The number of aromatic nitrogens is 3. The van der Waals surface area contributed by atoms with Gasteiger partial charge in [0.1, 0.15) is 5.82 Å². The number of nitrogens with one attached hydrogen (secondary N) is 2. The summed E-state index contributed by atoms with van der Waals surface area (Å²) < 4.78 is 12.6. The van der Waals surface area contributed by atoms with Gasteiger partial charge in [-0.05, 0) is 30.3 Å². The maximum atomic E-state index is 12.4. The Morgan fingerprint density at radius 1 is 1.16 bits per heavy atom. The van der Waals surface area contributed by atoms with Crippen molar-refractivity contribution < 1.29 is 14.3 Å². The molecule has 0 saturated heterocycles. The zero-order valence-corrected chi connectivity index (χ0v) is 18.9. The van der Waals surface area contributed by atoms with Crippen molar-refractivity contribution in [2.75, 3.05) is 26.5 Å². The molecule has 0 radical (unpaired) electrons. The van der Waals surface area contributed by atoms with Gasteiger partial charge in [-0.3, -0.25) is 9.59 Å². The fraction of sp³-hybridized carbons (Fsp3) is 0.261. The predicted molar refractivity (Wildman–Crippen MR) is 127 cm³/mol. The summed E-state index contributed by atoms with van der Waals surface area (Å²) in [5, 5.41) is 4.42. The summed E-state index contributed by atoms with van der Waals surface area (Å²) in [6.45, 7) is 0.513. The first-order chi connectivity index (χ1) is 15.5. The summed E-state index contributed by atoms with van der Waals surface area (Å²) in [4.78, 5) is 32.2. The second kappa shape index (κ2) is 9.35. The topological polar surface area (TPSA) is 98.2 Å². The first-order valence-corrected chi connectivity index (χ1v) is 11.2. The number of carbonyl (C=O) groups excluding carboxylic acids is 1. The molecule has 0 spiro atoms. The van der Waals surface area contributed by atoms with E-state index in [4.69, 9.17) is 9.47 Å². The molecule has 2 aromatic heterocycles. The van der Waals surface area contributed by atoms with Gasteiger partial charge in [0.05, 0.1) is 30.9 Å². The lowest BCUT2D eigenvalue weighted by atomic mass is 10.1. The third-order valence-corrected chi connectivity index (χ3v) is 6.15. The van der Waals surface area contributed by atoms with Gasteiger partial charge in [-0.1, -0.05) is 0 Å². The van der Waals surface area contributed by atoms with Crippen molar-refractivity contribution >= 4 is 39.5 Å². The van der Waals surface area contributed by atoms with Gasteiger partial charge in [0, 0.05) is 48.1 Å². The Kier molecular flexibility index (Phi) is 6.36. The molecule has 166 valence electrons. The number of thioether (sulfide) groups is 1. The van der Waals surface area contributed by atoms with Gasteiger partial charge in [-0.15, -0.1) is 0 Å². The molecule has 4 rings (SSSR count). The van der Waals surface area contributed by atoms with E-state index in [0.717, 1.165) is 10.9 Å². The average Bonchev–Trinajstić information content (AvgIpc) is 3.18. The van der Waals surface area contributed by atoms with Gasteiger partial charge in [0.2, 0.25) is 0 Å². The number of fused-ring (bicyclic) bond motifs is 2. The van der Waals surface area contributed by atoms with E-state index in [1.165, 1.54) is 7.11 Å². The summed E-state index contributed by atoms with van der Waals surface area (Å²) in [5.74, 6) is 2.68. The quantitative estimate of drug-likeness (QED) is 0.399. The van der Waals surface area contributed by atoms with E-state index < -0.39 is 0 Å². The number of amides is 1. The van der Waals surface area contributed by atoms with Crippen molar-refractivity contribution in [2.24, 2.45) is 7.05 Å². The highest BCUT2D eigenvalue weighted by Gasteiger charge is 2.11. The number of hydrogen-bond donors (Lipinski definition) is 2. The van der Waals surface area contributed by atoms with Crippen molar-refractivity contribution in [3.05, 3.63) is 64.3 Å². The summed E-state index contributed by atoms with van der Waals surface area (Å²) >= 11 is 1.58. The monoisotopic (exact) mass is 452 g/mol. The number of aromatic amines is 1. The Balaban J connectivity index is 1.33. The predicted octanol–water partition coefficient (Wildman–Crippen LogP) is 3.10. The Bertz CT molecular complexity index is 1350. The smallest absolute Gasteiger partial charge is 0.258 e. The molecule has 0 aliphatic rings. The van der Waals surface area contributed by atoms with Crippen LogP contribution in [0.5, 0.6) is 11.5 Å². The van der Waals surface area contributed by atoms with E-state index in [1.807, 2.05) is 42.1 Å². The molecule has 9 heteroatoms. The minimum atomic E-state index is -0.226. The van der Waals surface area contributed by atoms with Crippen LogP contribution in [0.15, 0.2) is 47.4 Å². The Morgan fingerprint density at radius 2 is 1.94 bits per heavy atom. The molecule has 0 unspecified atom stereocenters. The standard InChI is InChI=1S/C23H24N4O4S/c1-27-8-6-14-10-15(4-5-18(14)27)22(28)24-7-9-32-13-21-25-17-12-20(31-3)19(30-2)11-16(17)23(29)26-21/h4-6,8,10-12H,7,9,13H2,1-3H3,(H,24,28)(H,25,26,29). The van der Waals surface area contributed by atoms with Gasteiger partial charge in [-0.25, -0.2) is 4.98 Å². The summed E-state index contributed by atoms with van der Waals surface area (Å²) in [5.41, 5.74) is 2.05. The van der Waals surface area contributed by atoms with Gasteiger partial charge in [-0.2, -0.15) is 11.8 Å².